The number of carbonyl (C=O) groups is 2. The molecular weight excluding hydrogens is 230 g/mol. The molecule has 0 saturated carbocycles. The first kappa shape index (κ1) is 12.2. The molecule has 84 valence electrons. The van der Waals surface area contributed by atoms with Crippen molar-refractivity contribution in [3.05, 3.63) is 21.9 Å². The summed E-state index contributed by atoms with van der Waals surface area (Å²) in [5, 5.41) is 27.5. The predicted octanol–water partition coefficient (Wildman–Crippen LogP) is 1.65. The highest BCUT2D eigenvalue weighted by Gasteiger charge is 2.20. The molecule has 0 radical (unpaired) electrons. The van der Waals surface area contributed by atoms with Crippen LogP contribution in [0.3, 0.4) is 0 Å². The Bertz CT molecular complexity index is 430. The quantitative estimate of drug-likeness (QED) is 0.814. The highest BCUT2D eigenvalue weighted by atomic mass is 32.1. The molecule has 0 saturated heterocycles. The molecule has 1 rings (SSSR count). The lowest BCUT2D eigenvalue weighted by Gasteiger charge is -2.09. The lowest BCUT2D eigenvalue weighted by Crippen LogP contribution is -2.10. The summed E-state index contributed by atoms with van der Waals surface area (Å²) < 4.78 is 0. The van der Waals surface area contributed by atoms with Crippen LogP contribution in [0, 0.1) is 11.3 Å². The van der Waals surface area contributed by atoms with Gasteiger partial charge < -0.3 is 10.2 Å². The van der Waals surface area contributed by atoms with Crippen molar-refractivity contribution >= 4 is 23.3 Å². The van der Waals surface area contributed by atoms with Crippen LogP contribution in [0.25, 0.3) is 0 Å². The molecule has 2 N–H and O–H groups in total. The molecule has 1 aromatic heterocycles. The van der Waals surface area contributed by atoms with E-state index in [1.807, 2.05) is 6.07 Å². The standard InChI is InChI=1S/C10H9NO4S/c11-4-6-1-8(16-5-6)7(2-9(12)13)3-10(14)15/h1,5,7H,2-3H2,(H,12,13)(H,14,15). The average Bonchev–Trinajstić information content (AvgIpc) is 2.63. The summed E-state index contributed by atoms with van der Waals surface area (Å²) in [5.41, 5.74) is 0.431. The maximum absolute atomic E-state index is 10.6. The normalized spacial score (nSPS) is 10.0. The molecule has 0 amide bonds. The number of nitriles is 1. The van der Waals surface area contributed by atoms with E-state index in [4.69, 9.17) is 15.5 Å². The number of nitrogens with zero attached hydrogens (tertiary/aromatic N) is 1. The van der Waals surface area contributed by atoms with E-state index in [0.29, 0.717) is 10.4 Å². The number of hydrogen-bond acceptors (Lipinski definition) is 4. The second-order valence-electron chi connectivity index (χ2n) is 3.24. The van der Waals surface area contributed by atoms with E-state index >= 15 is 0 Å². The molecule has 0 atom stereocenters. The Morgan fingerprint density at radius 2 is 1.94 bits per heavy atom. The zero-order valence-electron chi connectivity index (χ0n) is 8.21. The van der Waals surface area contributed by atoms with Gasteiger partial charge in [-0.05, 0) is 6.07 Å². The van der Waals surface area contributed by atoms with Gasteiger partial charge in [0.15, 0.2) is 0 Å². The van der Waals surface area contributed by atoms with E-state index in [2.05, 4.69) is 0 Å². The Morgan fingerprint density at radius 3 is 2.31 bits per heavy atom. The highest BCUT2D eigenvalue weighted by molar-refractivity contribution is 7.10. The van der Waals surface area contributed by atoms with Crippen LogP contribution in [0.15, 0.2) is 11.4 Å². The number of thiophene rings is 1. The van der Waals surface area contributed by atoms with Gasteiger partial charge in [0, 0.05) is 16.2 Å². The van der Waals surface area contributed by atoms with Crippen LogP contribution >= 0.6 is 11.3 Å². The zero-order valence-corrected chi connectivity index (χ0v) is 9.03. The molecule has 0 aromatic carbocycles. The Hall–Kier alpha value is -1.87. The van der Waals surface area contributed by atoms with Gasteiger partial charge in [-0.3, -0.25) is 9.59 Å². The maximum Gasteiger partial charge on any atom is 0.304 e. The van der Waals surface area contributed by atoms with Gasteiger partial charge in [-0.2, -0.15) is 5.26 Å². The Morgan fingerprint density at radius 1 is 1.38 bits per heavy atom. The largest absolute Gasteiger partial charge is 0.481 e. The van der Waals surface area contributed by atoms with Gasteiger partial charge >= 0.3 is 11.9 Å². The van der Waals surface area contributed by atoms with Gasteiger partial charge in [-0.25, -0.2) is 0 Å². The summed E-state index contributed by atoms with van der Waals surface area (Å²) in [7, 11) is 0. The molecule has 0 aliphatic heterocycles. The summed E-state index contributed by atoms with van der Waals surface area (Å²) in [6.07, 6.45) is -0.477. The third-order valence-electron chi connectivity index (χ3n) is 1.99. The van der Waals surface area contributed by atoms with Gasteiger partial charge in [0.25, 0.3) is 0 Å². The highest BCUT2D eigenvalue weighted by Crippen LogP contribution is 2.29. The van der Waals surface area contributed by atoms with Crippen molar-refractivity contribution in [2.45, 2.75) is 18.8 Å². The van der Waals surface area contributed by atoms with Crippen molar-refractivity contribution < 1.29 is 19.8 Å². The molecule has 1 aromatic rings. The molecule has 0 spiro atoms. The van der Waals surface area contributed by atoms with Crippen molar-refractivity contribution in [2.75, 3.05) is 0 Å². The first-order valence-electron chi connectivity index (χ1n) is 4.45. The number of rotatable bonds is 5. The fraction of sp³-hybridized carbons (Fsp3) is 0.300. The molecule has 6 heteroatoms. The Balaban J connectivity index is 2.87. The second-order valence-corrected chi connectivity index (χ2v) is 4.19. The minimum atomic E-state index is -1.04. The van der Waals surface area contributed by atoms with E-state index in [1.165, 1.54) is 11.3 Å². The zero-order chi connectivity index (χ0) is 12.1. The van der Waals surface area contributed by atoms with Gasteiger partial charge in [-0.1, -0.05) is 0 Å². The van der Waals surface area contributed by atoms with Crippen LogP contribution in [0.1, 0.15) is 29.2 Å². The number of hydrogen-bond donors (Lipinski definition) is 2. The topological polar surface area (TPSA) is 98.4 Å². The van der Waals surface area contributed by atoms with Crippen LogP contribution < -0.4 is 0 Å². The molecule has 0 fully saturated rings. The summed E-state index contributed by atoms with van der Waals surface area (Å²) in [4.78, 5) is 21.8. The lowest BCUT2D eigenvalue weighted by atomic mass is 9.99. The van der Waals surface area contributed by atoms with Crippen LogP contribution in [-0.2, 0) is 9.59 Å². The summed E-state index contributed by atoms with van der Waals surface area (Å²) in [6, 6.07) is 3.47. The fourth-order valence-electron chi connectivity index (χ4n) is 1.32. The number of carboxylic acid groups (broad SMARTS) is 2. The molecule has 16 heavy (non-hydrogen) atoms. The van der Waals surface area contributed by atoms with Gasteiger partial charge in [0.05, 0.1) is 18.4 Å². The van der Waals surface area contributed by atoms with Gasteiger partial charge in [-0.15, -0.1) is 11.3 Å². The SMILES string of the molecule is N#Cc1csc(C(CC(=O)O)CC(=O)O)c1. The molecule has 1 heterocycles. The first-order chi connectivity index (χ1) is 7.52. The van der Waals surface area contributed by atoms with Crippen molar-refractivity contribution in [1.82, 2.24) is 0 Å². The van der Waals surface area contributed by atoms with Crippen molar-refractivity contribution in [2.24, 2.45) is 0 Å². The van der Waals surface area contributed by atoms with E-state index in [-0.39, 0.29) is 12.8 Å². The molecule has 5 nitrogen and oxygen atoms in total. The van der Waals surface area contributed by atoms with Crippen LogP contribution in [-0.4, -0.2) is 22.2 Å². The average molecular weight is 239 g/mol. The molecule has 0 aliphatic carbocycles. The minimum Gasteiger partial charge on any atom is -0.481 e. The minimum absolute atomic E-state index is 0.238. The first-order valence-corrected chi connectivity index (χ1v) is 5.33. The number of carboxylic acids is 2. The third-order valence-corrected chi connectivity index (χ3v) is 3.09. The van der Waals surface area contributed by atoms with E-state index in [9.17, 15) is 9.59 Å². The van der Waals surface area contributed by atoms with Crippen molar-refractivity contribution in [1.29, 1.82) is 5.26 Å². The molecular formula is C10H9NO4S. The maximum atomic E-state index is 10.6. The lowest BCUT2D eigenvalue weighted by molar-refractivity contribution is -0.139. The van der Waals surface area contributed by atoms with Crippen LogP contribution in [0.2, 0.25) is 0 Å². The monoisotopic (exact) mass is 239 g/mol. The Labute approximate surface area is 95.6 Å². The molecule has 0 bridgehead atoms. The molecule has 0 aliphatic rings. The van der Waals surface area contributed by atoms with Crippen molar-refractivity contribution in [3.8, 4) is 6.07 Å². The van der Waals surface area contributed by atoms with E-state index in [0.717, 1.165) is 0 Å². The second kappa shape index (κ2) is 5.28. The Kier molecular flexibility index (Phi) is 4.03. The fourth-order valence-corrected chi connectivity index (χ4v) is 2.26. The van der Waals surface area contributed by atoms with E-state index < -0.39 is 17.9 Å². The smallest absolute Gasteiger partial charge is 0.304 e. The van der Waals surface area contributed by atoms with Gasteiger partial charge in [0.2, 0.25) is 0 Å². The summed E-state index contributed by atoms with van der Waals surface area (Å²) in [6.45, 7) is 0. The van der Waals surface area contributed by atoms with Gasteiger partial charge in [0.1, 0.15) is 6.07 Å². The van der Waals surface area contributed by atoms with Crippen molar-refractivity contribution in [3.63, 3.8) is 0 Å². The summed E-state index contributed by atoms with van der Waals surface area (Å²) in [5.74, 6) is -2.65. The van der Waals surface area contributed by atoms with Crippen LogP contribution in [0.5, 0.6) is 0 Å². The summed E-state index contributed by atoms with van der Waals surface area (Å²) >= 11 is 1.22. The third kappa shape index (κ3) is 3.37. The van der Waals surface area contributed by atoms with Crippen LogP contribution in [0.4, 0.5) is 0 Å². The molecule has 0 unspecified atom stereocenters. The van der Waals surface area contributed by atoms with E-state index in [1.54, 1.807) is 11.4 Å². The predicted molar refractivity (Wildman–Crippen MR) is 56.3 cm³/mol. The number of aliphatic carboxylic acids is 2.